The number of alkyl halides is 1. The first kappa shape index (κ1) is 12.5. The van der Waals surface area contributed by atoms with Crippen molar-refractivity contribution in [2.45, 2.75) is 5.88 Å². The molecule has 2 nitrogen and oxygen atoms in total. The Morgan fingerprint density at radius 3 is 2.63 bits per heavy atom. The van der Waals surface area contributed by atoms with Crippen LogP contribution in [0.4, 0.5) is 0 Å². The van der Waals surface area contributed by atoms with Crippen LogP contribution in [0.15, 0.2) is 42.5 Å². The van der Waals surface area contributed by atoms with Gasteiger partial charge in [0.15, 0.2) is 0 Å². The van der Waals surface area contributed by atoms with E-state index in [2.05, 4.69) is 4.98 Å². The molecule has 19 heavy (non-hydrogen) atoms. The Hall–Kier alpha value is -1.58. The zero-order chi connectivity index (χ0) is 13.2. The molecule has 0 N–H and O–H groups in total. The Morgan fingerprint density at radius 1 is 1.16 bits per heavy atom. The highest BCUT2D eigenvalue weighted by Crippen LogP contribution is 2.33. The molecule has 1 heterocycles. The van der Waals surface area contributed by atoms with Crippen molar-refractivity contribution in [1.82, 2.24) is 4.98 Å². The number of aromatic nitrogens is 1. The highest BCUT2D eigenvalue weighted by molar-refractivity contribution is 7.21. The highest BCUT2D eigenvalue weighted by Gasteiger charge is 2.09. The highest BCUT2D eigenvalue weighted by atomic mass is 35.5. The number of rotatable bonds is 3. The Balaban J connectivity index is 2.09. The van der Waals surface area contributed by atoms with Crippen molar-refractivity contribution in [2.75, 3.05) is 7.11 Å². The number of hydrogen-bond acceptors (Lipinski definition) is 3. The summed E-state index contributed by atoms with van der Waals surface area (Å²) in [6, 6.07) is 14.0. The molecule has 0 saturated carbocycles. The Labute approximate surface area is 120 Å². The van der Waals surface area contributed by atoms with E-state index in [1.165, 1.54) is 4.70 Å². The first-order chi connectivity index (χ1) is 9.31. The van der Waals surface area contributed by atoms with Crippen LogP contribution in [0.25, 0.3) is 20.8 Å². The zero-order valence-electron chi connectivity index (χ0n) is 10.4. The van der Waals surface area contributed by atoms with Crippen molar-refractivity contribution in [2.24, 2.45) is 0 Å². The molecule has 3 aromatic rings. The molecule has 0 fully saturated rings. The van der Waals surface area contributed by atoms with Gasteiger partial charge in [-0.25, -0.2) is 4.98 Å². The fourth-order valence-electron chi connectivity index (χ4n) is 1.97. The maximum absolute atomic E-state index is 5.96. The van der Waals surface area contributed by atoms with Crippen LogP contribution >= 0.6 is 22.9 Å². The van der Waals surface area contributed by atoms with Crippen molar-refractivity contribution in [3.63, 3.8) is 0 Å². The summed E-state index contributed by atoms with van der Waals surface area (Å²) >= 11 is 7.64. The van der Waals surface area contributed by atoms with Crippen LogP contribution in [0.3, 0.4) is 0 Å². The van der Waals surface area contributed by atoms with Crippen LogP contribution in [0.1, 0.15) is 5.56 Å². The van der Waals surface area contributed by atoms with Gasteiger partial charge in [-0.3, -0.25) is 0 Å². The average molecular weight is 290 g/mol. The van der Waals surface area contributed by atoms with Crippen LogP contribution < -0.4 is 4.74 Å². The molecule has 2 aromatic carbocycles. The van der Waals surface area contributed by atoms with Crippen LogP contribution in [-0.2, 0) is 5.88 Å². The first-order valence-corrected chi connectivity index (χ1v) is 7.26. The van der Waals surface area contributed by atoms with E-state index in [9.17, 15) is 0 Å². The SMILES string of the molecule is COc1ccc(-c2nc3cccc(CCl)c3s2)cc1. The molecule has 4 heteroatoms. The summed E-state index contributed by atoms with van der Waals surface area (Å²) in [4.78, 5) is 4.67. The molecule has 0 atom stereocenters. The summed E-state index contributed by atoms with van der Waals surface area (Å²) in [5, 5.41) is 1.01. The first-order valence-electron chi connectivity index (χ1n) is 5.90. The lowest BCUT2D eigenvalue weighted by atomic mass is 10.2. The summed E-state index contributed by atoms with van der Waals surface area (Å²) in [5.74, 6) is 1.37. The maximum Gasteiger partial charge on any atom is 0.124 e. The molecular formula is C15H12ClNOS. The van der Waals surface area contributed by atoms with E-state index in [1.807, 2.05) is 42.5 Å². The molecule has 0 aliphatic carbocycles. The summed E-state index contributed by atoms with van der Waals surface area (Å²) in [6.45, 7) is 0. The van der Waals surface area contributed by atoms with E-state index in [0.29, 0.717) is 5.88 Å². The minimum Gasteiger partial charge on any atom is -0.497 e. The summed E-state index contributed by atoms with van der Waals surface area (Å²) < 4.78 is 6.34. The zero-order valence-corrected chi connectivity index (χ0v) is 12.0. The molecule has 0 bridgehead atoms. The van der Waals surface area contributed by atoms with E-state index in [-0.39, 0.29) is 0 Å². The molecule has 0 aliphatic heterocycles. The van der Waals surface area contributed by atoms with Crippen molar-refractivity contribution >= 4 is 33.2 Å². The number of hydrogen-bond donors (Lipinski definition) is 0. The van der Waals surface area contributed by atoms with Gasteiger partial charge in [-0.1, -0.05) is 12.1 Å². The predicted octanol–water partition coefficient (Wildman–Crippen LogP) is 4.71. The molecule has 0 saturated heterocycles. The lowest BCUT2D eigenvalue weighted by Gasteiger charge is -1.99. The Morgan fingerprint density at radius 2 is 1.95 bits per heavy atom. The van der Waals surface area contributed by atoms with Crippen LogP contribution in [0.2, 0.25) is 0 Å². The molecule has 3 rings (SSSR count). The van der Waals surface area contributed by atoms with Gasteiger partial charge in [0.1, 0.15) is 10.8 Å². The molecule has 0 unspecified atom stereocenters. The second kappa shape index (κ2) is 5.19. The van der Waals surface area contributed by atoms with Crippen molar-refractivity contribution in [3.05, 3.63) is 48.0 Å². The van der Waals surface area contributed by atoms with Crippen LogP contribution in [0, 0.1) is 0 Å². The number of benzene rings is 2. The third kappa shape index (κ3) is 2.31. The lowest BCUT2D eigenvalue weighted by Crippen LogP contribution is -1.82. The number of nitrogens with zero attached hydrogens (tertiary/aromatic N) is 1. The van der Waals surface area contributed by atoms with Crippen molar-refractivity contribution < 1.29 is 4.74 Å². The van der Waals surface area contributed by atoms with E-state index in [0.717, 1.165) is 27.4 Å². The quantitative estimate of drug-likeness (QED) is 0.651. The molecule has 0 spiro atoms. The number of thiazole rings is 1. The maximum atomic E-state index is 5.96. The van der Waals surface area contributed by atoms with E-state index < -0.39 is 0 Å². The number of halogens is 1. The van der Waals surface area contributed by atoms with Gasteiger partial charge in [0.05, 0.1) is 17.3 Å². The summed E-state index contributed by atoms with van der Waals surface area (Å²) in [6.07, 6.45) is 0. The minimum absolute atomic E-state index is 0.515. The standard InChI is InChI=1S/C15H12ClNOS/c1-18-12-7-5-10(6-8-12)15-17-13-4-2-3-11(9-16)14(13)19-15/h2-8H,9H2,1H3. The molecule has 0 aliphatic rings. The smallest absolute Gasteiger partial charge is 0.124 e. The monoisotopic (exact) mass is 289 g/mol. The number of methoxy groups -OCH3 is 1. The fourth-order valence-corrected chi connectivity index (χ4v) is 3.35. The third-order valence-corrected chi connectivity index (χ3v) is 4.46. The van der Waals surface area contributed by atoms with E-state index >= 15 is 0 Å². The van der Waals surface area contributed by atoms with Gasteiger partial charge in [-0.05, 0) is 35.9 Å². The largest absolute Gasteiger partial charge is 0.497 e. The van der Waals surface area contributed by atoms with Crippen molar-refractivity contribution in [3.8, 4) is 16.3 Å². The number of ether oxygens (including phenoxy) is 1. The van der Waals surface area contributed by atoms with Crippen LogP contribution in [-0.4, -0.2) is 12.1 Å². The summed E-state index contributed by atoms with van der Waals surface area (Å²) in [7, 11) is 1.67. The van der Waals surface area contributed by atoms with Crippen molar-refractivity contribution in [1.29, 1.82) is 0 Å². The molecule has 1 aromatic heterocycles. The Bertz CT molecular complexity index is 706. The van der Waals surface area contributed by atoms with Gasteiger partial charge in [-0.2, -0.15) is 0 Å². The normalized spacial score (nSPS) is 10.8. The van der Waals surface area contributed by atoms with Crippen LogP contribution in [0.5, 0.6) is 5.75 Å². The molecule has 0 radical (unpaired) electrons. The Kier molecular flexibility index (Phi) is 3.40. The second-order valence-corrected chi connectivity index (χ2v) is 5.41. The topological polar surface area (TPSA) is 22.1 Å². The molecule has 96 valence electrons. The predicted molar refractivity (Wildman–Crippen MR) is 81.2 cm³/mol. The molecular weight excluding hydrogens is 278 g/mol. The average Bonchev–Trinajstić information content (AvgIpc) is 2.91. The van der Waals surface area contributed by atoms with E-state index in [4.69, 9.17) is 16.3 Å². The van der Waals surface area contributed by atoms with Gasteiger partial charge < -0.3 is 4.74 Å². The number of fused-ring (bicyclic) bond motifs is 1. The van der Waals surface area contributed by atoms with Gasteiger partial charge in [-0.15, -0.1) is 22.9 Å². The van der Waals surface area contributed by atoms with Gasteiger partial charge in [0, 0.05) is 11.4 Å². The second-order valence-electron chi connectivity index (χ2n) is 4.15. The molecule has 0 amide bonds. The third-order valence-electron chi connectivity index (χ3n) is 2.98. The summed E-state index contributed by atoms with van der Waals surface area (Å²) in [5.41, 5.74) is 3.24. The van der Waals surface area contributed by atoms with Gasteiger partial charge in [0.25, 0.3) is 0 Å². The van der Waals surface area contributed by atoms with Gasteiger partial charge >= 0.3 is 0 Å². The fraction of sp³-hybridized carbons (Fsp3) is 0.133. The minimum atomic E-state index is 0.515. The lowest BCUT2D eigenvalue weighted by molar-refractivity contribution is 0.415. The van der Waals surface area contributed by atoms with E-state index in [1.54, 1.807) is 18.4 Å². The van der Waals surface area contributed by atoms with Gasteiger partial charge in [0.2, 0.25) is 0 Å².